The first-order valence-corrected chi connectivity index (χ1v) is 6.83. The molecule has 1 heterocycles. The Labute approximate surface area is 131 Å². The fourth-order valence-electron chi connectivity index (χ4n) is 1.91. The lowest BCUT2D eigenvalue weighted by atomic mass is 10.1. The zero-order chi connectivity index (χ0) is 16.9. The van der Waals surface area contributed by atoms with Crippen LogP contribution in [0.3, 0.4) is 0 Å². The van der Waals surface area contributed by atoms with Crippen LogP contribution in [0.25, 0.3) is 0 Å². The number of nitrogens with one attached hydrogen (secondary N) is 2. The molecule has 6 nitrogen and oxygen atoms in total. The molecule has 0 aliphatic rings. The maximum atomic E-state index is 12.7. The predicted molar refractivity (Wildman–Crippen MR) is 79.5 cm³/mol. The van der Waals surface area contributed by atoms with E-state index in [1.165, 1.54) is 12.4 Å². The van der Waals surface area contributed by atoms with Crippen molar-refractivity contribution in [3.63, 3.8) is 0 Å². The van der Waals surface area contributed by atoms with Crippen molar-refractivity contribution in [3.05, 3.63) is 47.5 Å². The molecular weight excluding hydrogens is 309 g/mol. The summed E-state index contributed by atoms with van der Waals surface area (Å²) in [6, 6.07) is 5.17. The quantitative estimate of drug-likeness (QED) is 0.663. The Kier molecular flexibility index (Phi) is 5.20. The standard InChI is InChI=1S/C14H17F3N6/c1-18-13(20-8-12-21-9-22-23(12)2)19-7-10-4-3-5-11(6-10)14(15,16)17/h3-6,9H,7-8H2,1-2H3,(H2,18,19,20). The number of nitrogens with zero attached hydrogens (tertiary/aromatic N) is 4. The summed E-state index contributed by atoms with van der Waals surface area (Å²) in [6.07, 6.45) is -2.91. The normalized spacial score (nSPS) is 12.3. The molecule has 1 aromatic heterocycles. The third-order valence-corrected chi connectivity index (χ3v) is 3.16. The summed E-state index contributed by atoms with van der Waals surface area (Å²) in [5.74, 6) is 1.18. The maximum absolute atomic E-state index is 12.7. The Morgan fingerprint density at radius 3 is 2.61 bits per heavy atom. The van der Waals surface area contributed by atoms with Gasteiger partial charge in [0.05, 0.1) is 12.1 Å². The highest BCUT2D eigenvalue weighted by atomic mass is 19.4. The van der Waals surface area contributed by atoms with Crippen LogP contribution in [-0.4, -0.2) is 27.8 Å². The van der Waals surface area contributed by atoms with Gasteiger partial charge in [-0.1, -0.05) is 12.1 Å². The number of aryl methyl sites for hydroxylation is 1. The molecule has 0 aliphatic carbocycles. The van der Waals surface area contributed by atoms with Gasteiger partial charge in [0.1, 0.15) is 12.2 Å². The number of benzene rings is 1. The highest BCUT2D eigenvalue weighted by Gasteiger charge is 2.30. The monoisotopic (exact) mass is 326 g/mol. The van der Waals surface area contributed by atoms with E-state index >= 15 is 0 Å². The second-order valence-electron chi connectivity index (χ2n) is 4.78. The van der Waals surface area contributed by atoms with Gasteiger partial charge >= 0.3 is 6.18 Å². The Balaban J connectivity index is 1.92. The van der Waals surface area contributed by atoms with Crippen LogP contribution in [0.1, 0.15) is 17.0 Å². The summed E-state index contributed by atoms with van der Waals surface area (Å²) in [5.41, 5.74) is -0.153. The van der Waals surface area contributed by atoms with E-state index < -0.39 is 11.7 Å². The summed E-state index contributed by atoms with van der Waals surface area (Å²) < 4.78 is 39.6. The molecule has 124 valence electrons. The van der Waals surface area contributed by atoms with Crippen molar-refractivity contribution in [2.24, 2.45) is 12.0 Å². The maximum Gasteiger partial charge on any atom is 0.416 e. The topological polar surface area (TPSA) is 67.1 Å². The number of guanidine groups is 1. The van der Waals surface area contributed by atoms with Gasteiger partial charge in [-0.15, -0.1) is 0 Å². The number of hydrogen-bond acceptors (Lipinski definition) is 3. The van der Waals surface area contributed by atoms with Gasteiger partial charge < -0.3 is 10.6 Å². The number of aromatic nitrogens is 3. The van der Waals surface area contributed by atoms with Crippen LogP contribution in [0.2, 0.25) is 0 Å². The van der Waals surface area contributed by atoms with Crippen LogP contribution in [-0.2, 0) is 26.3 Å². The average Bonchev–Trinajstić information content (AvgIpc) is 2.92. The van der Waals surface area contributed by atoms with Crippen molar-refractivity contribution >= 4 is 5.96 Å². The van der Waals surface area contributed by atoms with Gasteiger partial charge in [-0.2, -0.15) is 18.3 Å². The van der Waals surface area contributed by atoms with Crippen molar-refractivity contribution in [1.82, 2.24) is 25.4 Å². The summed E-state index contributed by atoms with van der Waals surface area (Å²) in [5, 5.41) is 9.93. The molecule has 1 aromatic carbocycles. The minimum atomic E-state index is -4.35. The predicted octanol–water partition coefficient (Wildman–Crippen LogP) is 1.70. The van der Waals surface area contributed by atoms with Crippen LogP contribution < -0.4 is 10.6 Å². The minimum absolute atomic E-state index is 0.225. The van der Waals surface area contributed by atoms with E-state index in [-0.39, 0.29) is 6.54 Å². The molecule has 0 amide bonds. The first kappa shape index (κ1) is 16.8. The molecule has 9 heteroatoms. The smallest absolute Gasteiger partial charge is 0.352 e. The van der Waals surface area contributed by atoms with E-state index in [0.29, 0.717) is 23.9 Å². The second kappa shape index (κ2) is 7.12. The number of aliphatic imine (C=N–C) groups is 1. The zero-order valence-electron chi connectivity index (χ0n) is 12.7. The van der Waals surface area contributed by atoms with Crippen molar-refractivity contribution in [2.45, 2.75) is 19.3 Å². The molecule has 2 rings (SSSR count). The highest BCUT2D eigenvalue weighted by Crippen LogP contribution is 2.29. The number of alkyl halides is 3. The molecular formula is C14H17F3N6. The van der Waals surface area contributed by atoms with Gasteiger partial charge in [0.2, 0.25) is 0 Å². The average molecular weight is 326 g/mol. The minimum Gasteiger partial charge on any atom is -0.352 e. The van der Waals surface area contributed by atoms with E-state index in [0.717, 1.165) is 12.1 Å². The number of hydrogen-bond donors (Lipinski definition) is 2. The number of halogens is 3. The third-order valence-electron chi connectivity index (χ3n) is 3.16. The Bertz CT molecular complexity index is 677. The SMILES string of the molecule is CN=C(NCc1cccc(C(F)(F)F)c1)NCc1ncnn1C. The van der Waals surface area contributed by atoms with Gasteiger partial charge in [-0.25, -0.2) is 4.98 Å². The van der Waals surface area contributed by atoms with Crippen LogP contribution in [0, 0.1) is 0 Å². The van der Waals surface area contributed by atoms with Gasteiger partial charge in [0.15, 0.2) is 5.96 Å². The van der Waals surface area contributed by atoms with Crippen LogP contribution >= 0.6 is 0 Å². The van der Waals surface area contributed by atoms with Crippen LogP contribution in [0.4, 0.5) is 13.2 Å². The molecule has 0 saturated carbocycles. The Hall–Kier alpha value is -2.58. The largest absolute Gasteiger partial charge is 0.416 e. The van der Waals surface area contributed by atoms with E-state index in [4.69, 9.17) is 0 Å². The molecule has 0 bridgehead atoms. The van der Waals surface area contributed by atoms with E-state index in [2.05, 4.69) is 25.7 Å². The van der Waals surface area contributed by atoms with Crippen molar-refractivity contribution in [3.8, 4) is 0 Å². The van der Waals surface area contributed by atoms with Crippen molar-refractivity contribution in [2.75, 3.05) is 7.05 Å². The Morgan fingerprint density at radius 2 is 2.00 bits per heavy atom. The zero-order valence-corrected chi connectivity index (χ0v) is 12.7. The first-order valence-electron chi connectivity index (χ1n) is 6.83. The van der Waals surface area contributed by atoms with E-state index in [1.807, 2.05) is 0 Å². The van der Waals surface area contributed by atoms with Crippen molar-refractivity contribution < 1.29 is 13.2 Å². The summed E-state index contributed by atoms with van der Waals surface area (Å²) in [6.45, 7) is 0.626. The molecule has 23 heavy (non-hydrogen) atoms. The van der Waals surface area contributed by atoms with Gasteiger partial charge in [0.25, 0.3) is 0 Å². The second-order valence-corrected chi connectivity index (χ2v) is 4.78. The first-order chi connectivity index (χ1) is 10.9. The molecule has 0 fully saturated rings. The van der Waals surface area contributed by atoms with Crippen LogP contribution in [0.15, 0.2) is 35.6 Å². The third kappa shape index (κ3) is 4.70. The lowest BCUT2D eigenvalue weighted by molar-refractivity contribution is -0.137. The molecule has 0 unspecified atom stereocenters. The summed E-state index contributed by atoms with van der Waals surface area (Å²) in [4.78, 5) is 8.08. The molecule has 0 radical (unpaired) electrons. The molecule has 2 aromatic rings. The molecule has 2 N–H and O–H groups in total. The van der Waals surface area contributed by atoms with E-state index in [9.17, 15) is 13.2 Å². The highest BCUT2D eigenvalue weighted by molar-refractivity contribution is 5.79. The van der Waals surface area contributed by atoms with Crippen molar-refractivity contribution in [1.29, 1.82) is 0 Å². The summed E-state index contributed by atoms with van der Waals surface area (Å²) in [7, 11) is 3.35. The summed E-state index contributed by atoms with van der Waals surface area (Å²) >= 11 is 0. The van der Waals surface area contributed by atoms with Crippen LogP contribution in [0.5, 0.6) is 0 Å². The lowest BCUT2D eigenvalue weighted by Gasteiger charge is -2.13. The molecule has 0 spiro atoms. The van der Waals surface area contributed by atoms with E-state index in [1.54, 1.807) is 24.8 Å². The molecule has 0 atom stereocenters. The Morgan fingerprint density at radius 1 is 1.26 bits per heavy atom. The molecule has 0 saturated heterocycles. The lowest BCUT2D eigenvalue weighted by Crippen LogP contribution is -2.37. The van der Waals surface area contributed by atoms with Gasteiger partial charge in [-0.05, 0) is 17.7 Å². The number of rotatable bonds is 4. The fourth-order valence-corrected chi connectivity index (χ4v) is 1.91. The molecule has 0 aliphatic heterocycles. The fraction of sp³-hybridized carbons (Fsp3) is 0.357. The van der Waals surface area contributed by atoms with Gasteiger partial charge in [0, 0.05) is 20.6 Å². The van der Waals surface area contributed by atoms with Gasteiger partial charge in [-0.3, -0.25) is 9.67 Å².